The van der Waals surface area contributed by atoms with Crippen LogP contribution in [-0.4, -0.2) is 38.9 Å². The molecule has 1 saturated carbocycles. The highest BCUT2D eigenvalue weighted by Crippen LogP contribution is 2.30. The fourth-order valence-corrected chi connectivity index (χ4v) is 4.45. The first kappa shape index (κ1) is 14.2. The van der Waals surface area contributed by atoms with Crippen molar-refractivity contribution in [2.75, 3.05) is 26.2 Å². The predicted octanol–water partition coefficient (Wildman–Crippen LogP) is 0.682. The fraction of sp³-hybridized carbons (Fsp3) is 1.00. The molecular formula is C12H25N3O2S. The van der Waals surface area contributed by atoms with Crippen molar-refractivity contribution in [2.24, 2.45) is 17.6 Å². The minimum absolute atomic E-state index is 0.426. The molecule has 2 fully saturated rings. The molecule has 18 heavy (non-hydrogen) atoms. The molecule has 1 heterocycles. The van der Waals surface area contributed by atoms with Crippen LogP contribution in [0.4, 0.5) is 0 Å². The number of hydrogen-bond donors (Lipinski definition) is 2. The summed E-state index contributed by atoms with van der Waals surface area (Å²) in [5.74, 6) is 0.920. The maximum absolute atomic E-state index is 12.1. The van der Waals surface area contributed by atoms with Crippen molar-refractivity contribution < 1.29 is 8.42 Å². The highest BCUT2D eigenvalue weighted by atomic mass is 32.2. The van der Waals surface area contributed by atoms with Gasteiger partial charge in [0.25, 0.3) is 10.2 Å². The number of nitrogens with one attached hydrogen (secondary N) is 1. The average Bonchev–Trinajstić information content (AvgIpc) is 2.85. The Morgan fingerprint density at radius 2 is 1.72 bits per heavy atom. The van der Waals surface area contributed by atoms with Crippen LogP contribution in [0, 0.1) is 11.8 Å². The molecule has 0 bridgehead atoms. The van der Waals surface area contributed by atoms with E-state index in [9.17, 15) is 8.42 Å². The van der Waals surface area contributed by atoms with Gasteiger partial charge in [-0.3, -0.25) is 0 Å². The summed E-state index contributed by atoms with van der Waals surface area (Å²) in [6.45, 7) is 2.57. The second-order valence-electron chi connectivity index (χ2n) is 5.50. The van der Waals surface area contributed by atoms with Gasteiger partial charge in [-0.1, -0.05) is 12.8 Å². The number of hydrogen-bond acceptors (Lipinski definition) is 3. The molecule has 3 N–H and O–H groups in total. The molecule has 0 amide bonds. The molecule has 1 saturated heterocycles. The van der Waals surface area contributed by atoms with E-state index in [-0.39, 0.29) is 0 Å². The van der Waals surface area contributed by atoms with Crippen LogP contribution in [0.3, 0.4) is 0 Å². The maximum Gasteiger partial charge on any atom is 0.279 e. The Kier molecular flexibility index (Phi) is 5.00. The van der Waals surface area contributed by atoms with E-state index in [1.807, 2.05) is 0 Å². The van der Waals surface area contributed by atoms with Crippen LogP contribution in [-0.2, 0) is 10.2 Å². The molecule has 2 unspecified atom stereocenters. The van der Waals surface area contributed by atoms with Gasteiger partial charge in [-0.05, 0) is 44.1 Å². The lowest BCUT2D eigenvalue weighted by Crippen LogP contribution is -2.45. The van der Waals surface area contributed by atoms with Gasteiger partial charge in [0, 0.05) is 19.6 Å². The molecule has 0 aromatic rings. The molecule has 0 aromatic heterocycles. The number of nitrogens with two attached hydrogens (primary N) is 1. The molecule has 5 nitrogen and oxygen atoms in total. The van der Waals surface area contributed by atoms with Gasteiger partial charge in [-0.25, -0.2) is 4.72 Å². The summed E-state index contributed by atoms with van der Waals surface area (Å²) in [6.07, 6.45) is 6.53. The number of piperidine rings is 1. The van der Waals surface area contributed by atoms with E-state index < -0.39 is 10.2 Å². The number of nitrogens with zero attached hydrogens (tertiary/aromatic N) is 1. The van der Waals surface area contributed by atoms with E-state index in [1.165, 1.54) is 6.42 Å². The third-order valence-electron chi connectivity index (χ3n) is 4.30. The van der Waals surface area contributed by atoms with E-state index in [2.05, 4.69) is 4.72 Å². The largest absolute Gasteiger partial charge is 0.330 e. The summed E-state index contributed by atoms with van der Waals surface area (Å²) in [4.78, 5) is 0. The zero-order valence-corrected chi connectivity index (χ0v) is 11.8. The van der Waals surface area contributed by atoms with Crippen LogP contribution in [0.5, 0.6) is 0 Å². The van der Waals surface area contributed by atoms with E-state index in [0.717, 1.165) is 32.1 Å². The Balaban J connectivity index is 1.84. The van der Waals surface area contributed by atoms with Crippen LogP contribution >= 0.6 is 0 Å². The first-order valence-corrected chi connectivity index (χ1v) is 8.52. The average molecular weight is 275 g/mol. The summed E-state index contributed by atoms with van der Waals surface area (Å²) < 4.78 is 28.6. The van der Waals surface area contributed by atoms with Gasteiger partial charge in [-0.15, -0.1) is 0 Å². The standard InChI is InChI=1S/C12H25N3O2S/c13-9-11-5-4-6-12(11)10-14-18(16,17)15-7-2-1-3-8-15/h11-12,14H,1-10,13H2. The maximum atomic E-state index is 12.1. The van der Waals surface area contributed by atoms with Gasteiger partial charge in [-0.2, -0.15) is 12.7 Å². The van der Waals surface area contributed by atoms with Gasteiger partial charge in [0.15, 0.2) is 0 Å². The fourth-order valence-electron chi connectivity index (χ4n) is 3.10. The first-order valence-electron chi connectivity index (χ1n) is 7.08. The Bertz CT molecular complexity index is 352. The van der Waals surface area contributed by atoms with Gasteiger partial charge in [0.1, 0.15) is 0 Å². The van der Waals surface area contributed by atoms with Crippen molar-refractivity contribution in [3.63, 3.8) is 0 Å². The van der Waals surface area contributed by atoms with E-state index in [0.29, 0.717) is 38.0 Å². The first-order chi connectivity index (χ1) is 8.63. The lowest BCUT2D eigenvalue weighted by molar-refractivity contribution is 0.334. The highest BCUT2D eigenvalue weighted by Gasteiger charge is 2.29. The SMILES string of the molecule is NCC1CCCC1CNS(=O)(=O)N1CCCCC1. The van der Waals surface area contributed by atoms with Gasteiger partial charge in [0.05, 0.1) is 0 Å². The summed E-state index contributed by atoms with van der Waals surface area (Å²) >= 11 is 0. The monoisotopic (exact) mass is 275 g/mol. The van der Waals surface area contributed by atoms with Crippen LogP contribution < -0.4 is 10.5 Å². The van der Waals surface area contributed by atoms with Crippen molar-refractivity contribution in [1.29, 1.82) is 0 Å². The second kappa shape index (κ2) is 6.32. The summed E-state index contributed by atoms with van der Waals surface area (Å²) in [5.41, 5.74) is 5.72. The van der Waals surface area contributed by atoms with Crippen molar-refractivity contribution in [2.45, 2.75) is 38.5 Å². The Morgan fingerprint density at radius 1 is 1.06 bits per heavy atom. The third kappa shape index (κ3) is 3.44. The van der Waals surface area contributed by atoms with Gasteiger partial charge in [0.2, 0.25) is 0 Å². The molecule has 0 spiro atoms. The molecule has 1 aliphatic carbocycles. The molecular weight excluding hydrogens is 250 g/mol. The molecule has 2 aliphatic rings. The predicted molar refractivity (Wildman–Crippen MR) is 72.2 cm³/mol. The minimum Gasteiger partial charge on any atom is -0.330 e. The van der Waals surface area contributed by atoms with Crippen LogP contribution in [0.2, 0.25) is 0 Å². The molecule has 0 radical (unpaired) electrons. The summed E-state index contributed by atoms with van der Waals surface area (Å²) in [7, 11) is -3.26. The van der Waals surface area contributed by atoms with E-state index in [4.69, 9.17) is 5.73 Å². The molecule has 106 valence electrons. The van der Waals surface area contributed by atoms with Crippen LogP contribution in [0.15, 0.2) is 0 Å². The van der Waals surface area contributed by atoms with Crippen LogP contribution in [0.25, 0.3) is 0 Å². The summed E-state index contributed by atoms with van der Waals surface area (Å²) in [5, 5.41) is 0. The topological polar surface area (TPSA) is 75.4 Å². The smallest absolute Gasteiger partial charge is 0.279 e. The van der Waals surface area contributed by atoms with Crippen molar-refractivity contribution in [3.8, 4) is 0 Å². The second-order valence-corrected chi connectivity index (χ2v) is 7.26. The lowest BCUT2D eigenvalue weighted by atomic mass is 9.97. The van der Waals surface area contributed by atoms with Crippen molar-refractivity contribution >= 4 is 10.2 Å². The van der Waals surface area contributed by atoms with Crippen LogP contribution in [0.1, 0.15) is 38.5 Å². The van der Waals surface area contributed by atoms with Crippen molar-refractivity contribution in [3.05, 3.63) is 0 Å². The molecule has 6 heteroatoms. The van der Waals surface area contributed by atoms with E-state index >= 15 is 0 Å². The Hall–Kier alpha value is -0.170. The quantitative estimate of drug-likeness (QED) is 0.775. The van der Waals surface area contributed by atoms with Crippen molar-refractivity contribution in [1.82, 2.24) is 9.03 Å². The number of rotatable bonds is 5. The van der Waals surface area contributed by atoms with Gasteiger partial charge >= 0.3 is 0 Å². The Morgan fingerprint density at radius 3 is 2.39 bits per heavy atom. The molecule has 0 aromatic carbocycles. The van der Waals surface area contributed by atoms with Gasteiger partial charge < -0.3 is 5.73 Å². The minimum atomic E-state index is -3.26. The Labute approximate surface area is 110 Å². The zero-order valence-electron chi connectivity index (χ0n) is 11.0. The lowest BCUT2D eigenvalue weighted by Gasteiger charge is -2.27. The molecule has 2 atom stereocenters. The summed E-state index contributed by atoms with van der Waals surface area (Å²) in [6, 6.07) is 0. The molecule has 2 rings (SSSR count). The highest BCUT2D eigenvalue weighted by molar-refractivity contribution is 7.87. The third-order valence-corrected chi connectivity index (χ3v) is 5.88. The zero-order chi connectivity index (χ0) is 13.0. The van der Waals surface area contributed by atoms with E-state index in [1.54, 1.807) is 4.31 Å². The normalized spacial score (nSPS) is 30.7. The molecule has 1 aliphatic heterocycles.